The van der Waals surface area contributed by atoms with Crippen molar-refractivity contribution in [3.63, 3.8) is 0 Å². The predicted molar refractivity (Wildman–Crippen MR) is 104 cm³/mol. The van der Waals surface area contributed by atoms with Crippen molar-refractivity contribution in [1.82, 2.24) is 5.32 Å². The molecule has 26 heavy (non-hydrogen) atoms. The molecule has 136 valence electrons. The van der Waals surface area contributed by atoms with Crippen LogP contribution in [0.2, 0.25) is 5.02 Å². The molecule has 0 spiro atoms. The molecule has 2 aromatic carbocycles. The number of carbonyl (C=O) groups excluding carboxylic acids is 3. The van der Waals surface area contributed by atoms with Gasteiger partial charge in [0.15, 0.2) is 0 Å². The van der Waals surface area contributed by atoms with Gasteiger partial charge in [-0.3, -0.25) is 14.4 Å². The number of carbonyl (C=O) groups is 3. The third-order valence-electron chi connectivity index (χ3n) is 3.53. The second kappa shape index (κ2) is 8.82. The van der Waals surface area contributed by atoms with Gasteiger partial charge in [0.25, 0.3) is 5.91 Å². The van der Waals surface area contributed by atoms with Crippen molar-refractivity contribution in [2.45, 2.75) is 19.4 Å². The van der Waals surface area contributed by atoms with Crippen molar-refractivity contribution >= 4 is 50.9 Å². The van der Waals surface area contributed by atoms with Crippen LogP contribution in [0.4, 0.5) is 5.69 Å². The predicted octanol–water partition coefficient (Wildman–Crippen LogP) is 2.89. The third-order valence-corrected chi connectivity index (χ3v) is 4.53. The zero-order valence-corrected chi connectivity index (χ0v) is 16.2. The molecule has 0 radical (unpaired) electrons. The van der Waals surface area contributed by atoms with Gasteiger partial charge in [-0.25, -0.2) is 0 Å². The molecule has 0 aliphatic heterocycles. The van der Waals surface area contributed by atoms with Crippen molar-refractivity contribution in [3.05, 3.63) is 63.1 Å². The van der Waals surface area contributed by atoms with Crippen LogP contribution in [-0.2, 0) is 16.0 Å². The lowest BCUT2D eigenvalue weighted by atomic mass is 10.0. The van der Waals surface area contributed by atoms with E-state index in [4.69, 9.17) is 17.3 Å². The van der Waals surface area contributed by atoms with Gasteiger partial charge in [0, 0.05) is 34.1 Å². The monoisotopic (exact) mass is 437 g/mol. The summed E-state index contributed by atoms with van der Waals surface area (Å²) in [5.74, 6) is -1.38. The van der Waals surface area contributed by atoms with Crippen LogP contribution >= 0.6 is 27.5 Å². The average Bonchev–Trinajstić information content (AvgIpc) is 2.56. The van der Waals surface area contributed by atoms with Gasteiger partial charge in [0.1, 0.15) is 6.04 Å². The third kappa shape index (κ3) is 5.57. The minimum atomic E-state index is -0.915. The quantitative estimate of drug-likeness (QED) is 0.646. The zero-order chi connectivity index (χ0) is 19.3. The van der Waals surface area contributed by atoms with E-state index in [1.54, 1.807) is 36.4 Å². The highest BCUT2D eigenvalue weighted by Gasteiger charge is 2.21. The Kier molecular flexibility index (Phi) is 6.76. The first kappa shape index (κ1) is 19.9. The first-order valence-electron chi connectivity index (χ1n) is 7.68. The molecule has 1 atom stereocenters. The molecular formula is C18H17BrClN3O3. The molecule has 0 bridgehead atoms. The smallest absolute Gasteiger partial charge is 0.252 e. The lowest BCUT2D eigenvalue weighted by molar-refractivity contribution is -0.119. The number of nitrogens with two attached hydrogens (primary N) is 1. The van der Waals surface area contributed by atoms with Gasteiger partial charge in [-0.2, -0.15) is 0 Å². The summed E-state index contributed by atoms with van der Waals surface area (Å²) in [7, 11) is 0. The Hall–Kier alpha value is -2.38. The molecule has 0 aliphatic rings. The fourth-order valence-corrected chi connectivity index (χ4v) is 2.93. The van der Waals surface area contributed by atoms with Crippen molar-refractivity contribution in [3.8, 4) is 0 Å². The average molecular weight is 439 g/mol. The van der Waals surface area contributed by atoms with Gasteiger partial charge >= 0.3 is 0 Å². The zero-order valence-electron chi connectivity index (χ0n) is 13.9. The van der Waals surface area contributed by atoms with Gasteiger partial charge < -0.3 is 16.4 Å². The van der Waals surface area contributed by atoms with E-state index in [0.29, 0.717) is 16.3 Å². The number of hydrogen-bond donors (Lipinski definition) is 3. The minimum Gasteiger partial charge on any atom is -0.368 e. The van der Waals surface area contributed by atoms with E-state index in [1.807, 2.05) is 0 Å². The molecular weight excluding hydrogens is 422 g/mol. The van der Waals surface area contributed by atoms with Gasteiger partial charge in [-0.15, -0.1) is 0 Å². The second-order valence-electron chi connectivity index (χ2n) is 5.63. The first-order chi connectivity index (χ1) is 12.3. The van der Waals surface area contributed by atoms with Gasteiger partial charge in [0.05, 0.1) is 0 Å². The summed E-state index contributed by atoms with van der Waals surface area (Å²) >= 11 is 9.37. The van der Waals surface area contributed by atoms with Crippen molar-refractivity contribution in [2.75, 3.05) is 5.32 Å². The Morgan fingerprint density at radius 1 is 1.19 bits per heavy atom. The highest BCUT2D eigenvalue weighted by molar-refractivity contribution is 9.10. The largest absolute Gasteiger partial charge is 0.368 e. The molecule has 0 fully saturated rings. The standard InChI is InChI=1S/C18H17BrClN3O3/c1-10(24)22-14-4-2-3-11(8-14)18(26)23-16(17(21)25)9-12-7-13(20)5-6-15(12)19/h2-8,16H,9H2,1H3,(H2,21,25)(H,22,24)(H,23,26)/t16-/m1/s1. The number of benzene rings is 2. The van der Waals surface area contributed by atoms with Gasteiger partial charge in [-0.1, -0.05) is 33.6 Å². The summed E-state index contributed by atoms with van der Waals surface area (Å²) in [6, 6.07) is 10.6. The Morgan fingerprint density at radius 2 is 1.92 bits per heavy atom. The molecule has 0 saturated carbocycles. The van der Waals surface area contributed by atoms with E-state index >= 15 is 0 Å². The number of halogens is 2. The Labute approximate surface area is 164 Å². The van der Waals surface area contributed by atoms with E-state index in [2.05, 4.69) is 26.6 Å². The second-order valence-corrected chi connectivity index (χ2v) is 6.92. The lowest BCUT2D eigenvalue weighted by Crippen LogP contribution is -2.45. The SMILES string of the molecule is CC(=O)Nc1cccc(C(=O)N[C@H](Cc2cc(Cl)ccc2Br)C(N)=O)c1. The first-order valence-corrected chi connectivity index (χ1v) is 8.85. The van der Waals surface area contributed by atoms with E-state index in [9.17, 15) is 14.4 Å². The molecule has 8 heteroatoms. The molecule has 6 nitrogen and oxygen atoms in total. The summed E-state index contributed by atoms with van der Waals surface area (Å²) in [4.78, 5) is 35.4. The summed E-state index contributed by atoms with van der Waals surface area (Å²) in [5, 5.41) is 5.73. The van der Waals surface area contributed by atoms with E-state index in [-0.39, 0.29) is 12.3 Å². The summed E-state index contributed by atoms with van der Waals surface area (Å²) < 4.78 is 0.759. The Balaban J connectivity index is 2.17. The lowest BCUT2D eigenvalue weighted by Gasteiger charge is -2.17. The van der Waals surface area contributed by atoms with Crippen LogP contribution in [0, 0.1) is 0 Å². The molecule has 0 saturated heterocycles. The van der Waals surface area contributed by atoms with Crippen LogP contribution in [0.5, 0.6) is 0 Å². The molecule has 4 N–H and O–H groups in total. The highest BCUT2D eigenvalue weighted by atomic mass is 79.9. The fraction of sp³-hybridized carbons (Fsp3) is 0.167. The summed E-state index contributed by atoms with van der Waals surface area (Å²) in [6.45, 7) is 1.37. The molecule has 2 aromatic rings. The number of amides is 3. The highest BCUT2D eigenvalue weighted by Crippen LogP contribution is 2.22. The van der Waals surface area contributed by atoms with E-state index in [1.165, 1.54) is 13.0 Å². The van der Waals surface area contributed by atoms with Gasteiger partial charge in [0.2, 0.25) is 11.8 Å². The maximum Gasteiger partial charge on any atom is 0.252 e. The van der Waals surface area contributed by atoms with E-state index in [0.717, 1.165) is 10.0 Å². The maximum atomic E-state index is 12.5. The molecule has 0 aliphatic carbocycles. The van der Waals surface area contributed by atoms with Crippen LogP contribution in [0.3, 0.4) is 0 Å². The normalized spacial score (nSPS) is 11.5. The van der Waals surface area contributed by atoms with Crippen LogP contribution in [0.25, 0.3) is 0 Å². The number of primary amides is 1. The van der Waals surface area contributed by atoms with Crippen LogP contribution in [0.15, 0.2) is 46.9 Å². The van der Waals surface area contributed by atoms with Crippen molar-refractivity contribution in [2.24, 2.45) is 5.73 Å². The van der Waals surface area contributed by atoms with Gasteiger partial charge in [-0.05, 0) is 42.0 Å². The van der Waals surface area contributed by atoms with Crippen LogP contribution in [0.1, 0.15) is 22.8 Å². The number of rotatable bonds is 6. The molecule has 0 heterocycles. The summed E-state index contributed by atoms with van der Waals surface area (Å²) in [5.41, 5.74) is 6.96. The Bertz CT molecular complexity index is 857. The van der Waals surface area contributed by atoms with Crippen LogP contribution < -0.4 is 16.4 Å². The van der Waals surface area contributed by atoms with E-state index < -0.39 is 17.9 Å². The molecule has 3 amide bonds. The number of anilines is 1. The van der Waals surface area contributed by atoms with Crippen molar-refractivity contribution < 1.29 is 14.4 Å². The summed E-state index contributed by atoms with van der Waals surface area (Å²) in [6.07, 6.45) is 0.188. The Morgan fingerprint density at radius 3 is 2.58 bits per heavy atom. The minimum absolute atomic E-state index is 0.188. The maximum absolute atomic E-state index is 12.5. The topological polar surface area (TPSA) is 101 Å². The number of nitrogens with one attached hydrogen (secondary N) is 2. The van der Waals surface area contributed by atoms with Crippen molar-refractivity contribution in [1.29, 1.82) is 0 Å². The molecule has 0 aromatic heterocycles. The number of hydrogen-bond acceptors (Lipinski definition) is 3. The van der Waals surface area contributed by atoms with Crippen LogP contribution in [-0.4, -0.2) is 23.8 Å². The fourth-order valence-electron chi connectivity index (χ4n) is 2.33. The molecule has 2 rings (SSSR count). The molecule has 0 unspecified atom stereocenters.